The van der Waals surface area contributed by atoms with Crippen LogP contribution in [0.1, 0.15) is 39.8 Å². The summed E-state index contributed by atoms with van der Waals surface area (Å²) in [5.74, 6) is -0.855. The zero-order chi connectivity index (χ0) is 23.3. The van der Waals surface area contributed by atoms with E-state index < -0.39 is 11.9 Å². The first kappa shape index (κ1) is 22.7. The highest BCUT2D eigenvalue weighted by Crippen LogP contribution is 2.31. The Labute approximate surface area is 184 Å². The number of aromatic carboxylic acids is 1. The van der Waals surface area contributed by atoms with Gasteiger partial charge in [0.05, 0.1) is 20.3 Å². The van der Waals surface area contributed by atoms with Crippen molar-refractivity contribution in [3.05, 3.63) is 59.3 Å². The number of carbonyl (C=O) groups excluding carboxylic acids is 1. The molecule has 0 amide bonds. The van der Waals surface area contributed by atoms with Crippen molar-refractivity contribution in [2.24, 2.45) is 0 Å². The first-order valence-corrected chi connectivity index (χ1v) is 9.78. The van der Waals surface area contributed by atoms with E-state index in [2.05, 4.69) is 5.16 Å². The third kappa shape index (κ3) is 5.00. The minimum absolute atomic E-state index is 0.0269. The largest absolute Gasteiger partial charge is 0.507 e. The van der Waals surface area contributed by atoms with Crippen molar-refractivity contribution < 1.29 is 38.5 Å². The van der Waals surface area contributed by atoms with E-state index in [1.807, 2.05) is 13.0 Å². The van der Waals surface area contributed by atoms with Crippen molar-refractivity contribution in [3.63, 3.8) is 0 Å². The van der Waals surface area contributed by atoms with Crippen LogP contribution in [-0.2, 0) is 11.2 Å². The summed E-state index contributed by atoms with van der Waals surface area (Å²) in [6.07, 6.45) is 0.814. The maximum atomic E-state index is 12.0. The predicted octanol–water partition coefficient (Wildman–Crippen LogP) is 3.94. The number of hydrogen-bond donors (Lipinski definition) is 2. The molecule has 168 valence electrons. The molecule has 0 bridgehead atoms. The molecule has 1 aromatic heterocycles. The van der Waals surface area contributed by atoms with Crippen LogP contribution in [-0.4, -0.2) is 47.6 Å². The van der Waals surface area contributed by atoms with Gasteiger partial charge in [-0.3, -0.25) is 0 Å². The van der Waals surface area contributed by atoms with E-state index in [1.54, 1.807) is 31.4 Å². The van der Waals surface area contributed by atoms with Gasteiger partial charge in [0, 0.05) is 11.6 Å². The second kappa shape index (κ2) is 9.86. The molecule has 9 nitrogen and oxygen atoms in total. The van der Waals surface area contributed by atoms with Gasteiger partial charge in [0.25, 0.3) is 0 Å². The van der Waals surface area contributed by atoms with E-state index in [-0.39, 0.29) is 28.9 Å². The fourth-order valence-electron chi connectivity index (χ4n) is 3.20. The van der Waals surface area contributed by atoms with E-state index in [4.69, 9.17) is 23.8 Å². The first-order chi connectivity index (χ1) is 15.3. The van der Waals surface area contributed by atoms with Crippen LogP contribution in [0.4, 0.5) is 0 Å². The molecule has 3 rings (SSSR count). The molecule has 3 aromatic rings. The Bertz CT molecular complexity index is 1120. The van der Waals surface area contributed by atoms with Crippen molar-refractivity contribution >= 4 is 11.9 Å². The van der Waals surface area contributed by atoms with Crippen molar-refractivity contribution in [2.45, 2.75) is 25.9 Å². The molecule has 1 unspecified atom stereocenters. The van der Waals surface area contributed by atoms with E-state index in [0.29, 0.717) is 29.9 Å². The summed E-state index contributed by atoms with van der Waals surface area (Å²) in [6.45, 7) is 1.84. The van der Waals surface area contributed by atoms with Gasteiger partial charge in [-0.2, -0.15) is 0 Å². The number of rotatable bonds is 9. The summed E-state index contributed by atoms with van der Waals surface area (Å²) in [5, 5.41) is 22.6. The normalized spacial score (nSPS) is 11.6. The summed E-state index contributed by atoms with van der Waals surface area (Å²) in [6, 6.07) is 11.3. The molecule has 2 aromatic carbocycles. The minimum Gasteiger partial charge on any atom is -0.507 e. The summed E-state index contributed by atoms with van der Waals surface area (Å²) in [4.78, 5) is 23.0. The monoisotopic (exact) mass is 441 g/mol. The molecule has 0 aliphatic carbocycles. The molecule has 9 heteroatoms. The molecule has 0 aliphatic rings. The number of carbonyl (C=O) groups is 2. The molecule has 0 radical (unpaired) electrons. The SMILES string of the molecule is COC(=O)c1c(O)cccc1OC(C)CCc1cc(-c2cc(C(=O)O)no2)ccc1OC. The highest BCUT2D eigenvalue weighted by Gasteiger charge is 2.20. The van der Waals surface area contributed by atoms with Crippen LogP contribution in [0.5, 0.6) is 17.2 Å². The highest BCUT2D eigenvalue weighted by atomic mass is 16.5. The van der Waals surface area contributed by atoms with E-state index in [1.165, 1.54) is 19.2 Å². The smallest absolute Gasteiger partial charge is 0.358 e. The van der Waals surface area contributed by atoms with E-state index in [9.17, 15) is 14.7 Å². The lowest BCUT2D eigenvalue weighted by Crippen LogP contribution is -2.16. The number of phenolic OH excluding ortho intramolecular Hbond substituents is 1. The quantitative estimate of drug-likeness (QED) is 0.474. The van der Waals surface area contributed by atoms with Gasteiger partial charge in [0.2, 0.25) is 0 Å². The molecule has 2 N–H and O–H groups in total. The molecule has 0 aliphatic heterocycles. The van der Waals surface area contributed by atoms with Crippen LogP contribution in [0.2, 0.25) is 0 Å². The number of phenols is 1. The van der Waals surface area contributed by atoms with Gasteiger partial charge in [0.15, 0.2) is 11.5 Å². The van der Waals surface area contributed by atoms with Crippen molar-refractivity contribution in [1.82, 2.24) is 5.16 Å². The Morgan fingerprint density at radius 2 is 1.91 bits per heavy atom. The Balaban J connectivity index is 1.75. The summed E-state index contributed by atoms with van der Waals surface area (Å²) in [7, 11) is 2.79. The number of carboxylic acids is 1. The fraction of sp³-hybridized carbons (Fsp3) is 0.261. The second-order valence-corrected chi connectivity index (χ2v) is 7.02. The number of benzene rings is 2. The standard InChI is InChI=1S/C23H23NO8/c1-13(31-19-6-4-5-17(25)21(19)23(28)30-3)7-8-14-11-15(9-10-18(14)29-2)20-12-16(22(26)27)24-32-20/h4-6,9-13,25H,7-8H2,1-3H3,(H,26,27). The molecular weight excluding hydrogens is 418 g/mol. The number of nitrogens with zero attached hydrogens (tertiary/aromatic N) is 1. The highest BCUT2D eigenvalue weighted by molar-refractivity contribution is 5.95. The lowest BCUT2D eigenvalue weighted by molar-refractivity contribution is 0.0588. The lowest BCUT2D eigenvalue weighted by Gasteiger charge is -2.18. The zero-order valence-electron chi connectivity index (χ0n) is 17.8. The Morgan fingerprint density at radius 1 is 1.12 bits per heavy atom. The summed E-state index contributed by atoms with van der Waals surface area (Å²) < 4.78 is 21.2. The van der Waals surface area contributed by atoms with Crippen LogP contribution in [0.25, 0.3) is 11.3 Å². The molecule has 0 fully saturated rings. The molecule has 32 heavy (non-hydrogen) atoms. The van der Waals surface area contributed by atoms with Crippen molar-refractivity contribution in [3.8, 4) is 28.6 Å². The van der Waals surface area contributed by atoms with Crippen LogP contribution in [0.15, 0.2) is 47.0 Å². The van der Waals surface area contributed by atoms with Gasteiger partial charge >= 0.3 is 11.9 Å². The maximum absolute atomic E-state index is 12.0. The number of aromatic nitrogens is 1. The molecule has 0 spiro atoms. The van der Waals surface area contributed by atoms with Gasteiger partial charge in [0.1, 0.15) is 22.8 Å². The van der Waals surface area contributed by atoms with Crippen LogP contribution in [0.3, 0.4) is 0 Å². The topological polar surface area (TPSA) is 128 Å². The minimum atomic E-state index is -1.17. The third-order valence-corrected chi connectivity index (χ3v) is 4.84. The fourth-order valence-corrected chi connectivity index (χ4v) is 3.20. The van der Waals surface area contributed by atoms with E-state index in [0.717, 1.165) is 5.56 Å². The predicted molar refractivity (Wildman–Crippen MR) is 113 cm³/mol. The molecule has 0 saturated heterocycles. The molecule has 0 saturated carbocycles. The molecule has 1 heterocycles. The average Bonchev–Trinajstić information content (AvgIpc) is 3.28. The summed E-state index contributed by atoms with van der Waals surface area (Å²) in [5.41, 5.74) is 1.32. The third-order valence-electron chi connectivity index (χ3n) is 4.84. The zero-order valence-corrected chi connectivity index (χ0v) is 17.8. The van der Waals surface area contributed by atoms with Gasteiger partial charge < -0.3 is 28.9 Å². The lowest BCUT2D eigenvalue weighted by atomic mass is 10.0. The van der Waals surface area contributed by atoms with Gasteiger partial charge in [-0.15, -0.1) is 0 Å². The Hall–Kier alpha value is -4.01. The number of methoxy groups -OCH3 is 2. The number of ether oxygens (including phenoxy) is 3. The van der Waals surface area contributed by atoms with Gasteiger partial charge in [-0.25, -0.2) is 9.59 Å². The van der Waals surface area contributed by atoms with Crippen LogP contribution in [0, 0.1) is 0 Å². The number of carboxylic acid groups (broad SMARTS) is 1. The number of aromatic hydroxyl groups is 1. The number of hydrogen-bond acceptors (Lipinski definition) is 8. The number of aryl methyl sites for hydroxylation is 1. The van der Waals surface area contributed by atoms with Crippen molar-refractivity contribution in [2.75, 3.05) is 14.2 Å². The van der Waals surface area contributed by atoms with Gasteiger partial charge in [-0.1, -0.05) is 11.2 Å². The Morgan fingerprint density at radius 3 is 2.56 bits per heavy atom. The summed E-state index contributed by atoms with van der Waals surface area (Å²) >= 11 is 0. The molecule has 1 atom stereocenters. The van der Waals surface area contributed by atoms with Crippen LogP contribution >= 0.6 is 0 Å². The average molecular weight is 441 g/mol. The maximum Gasteiger partial charge on any atom is 0.358 e. The van der Waals surface area contributed by atoms with Gasteiger partial charge in [-0.05, 0) is 55.7 Å². The second-order valence-electron chi connectivity index (χ2n) is 7.02. The Kier molecular flexibility index (Phi) is 6.99. The number of esters is 1. The van der Waals surface area contributed by atoms with E-state index >= 15 is 0 Å². The van der Waals surface area contributed by atoms with Crippen LogP contribution < -0.4 is 9.47 Å². The van der Waals surface area contributed by atoms with Crippen molar-refractivity contribution in [1.29, 1.82) is 0 Å². The molecular formula is C23H23NO8. The first-order valence-electron chi connectivity index (χ1n) is 9.78.